The van der Waals surface area contributed by atoms with Crippen LogP contribution in [0.3, 0.4) is 0 Å². The fourth-order valence-corrected chi connectivity index (χ4v) is 2.36. The maximum atomic E-state index is 14.3. The van der Waals surface area contributed by atoms with E-state index < -0.39 is 0 Å². The molecular formula is C15H17BrFN3. The van der Waals surface area contributed by atoms with Gasteiger partial charge in [-0.05, 0) is 48.3 Å². The minimum absolute atomic E-state index is 0.296. The van der Waals surface area contributed by atoms with Crippen LogP contribution in [-0.2, 0) is 0 Å². The quantitative estimate of drug-likeness (QED) is 0.893. The Morgan fingerprint density at radius 1 is 1.25 bits per heavy atom. The Morgan fingerprint density at radius 3 is 2.70 bits per heavy atom. The molecule has 1 heterocycles. The largest absolute Gasteiger partial charge is 0.370 e. The van der Waals surface area contributed by atoms with Gasteiger partial charge in [0.05, 0.1) is 10.2 Å². The van der Waals surface area contributed by atoms with E-state index in [2.05, 4.69) is 38.1 Å². The zero-order valence-electron chi connectivity index (χ0n) is 11.8. The Hall–Kier alpha value is -1.49. The van der Waals surface area contributed by atoms with Gasteiger partial charge in [0.25, 0.3) is 0 Å². The summed E-state index contributed by atoms with van der Waals surface area (Å²) in [5.74, 6) is 1.10. The molecule has 2 aromatic rings. The van der Waals surface area contributed by atoms with Gasteiger partial charge in [-0.25, -0.2) is 14.4 Å². The highest BCUT2D eigenvalue weighted by Gasteiger charge is 2.15. The first-order valence-electron chi connectivity index (χ1n) is 6.58. The molecule has 0 spiro atoms. The van der Waals surface area contributed by atoms with Gasteiger partial charge in [-0.3, -0.25) is 0 Å². The van der Waals surface area contributed by atoms with Gasteiger partial charge in [-0.1, -0.05) is 13.0 Å². The Kier molecular flexibility index (Phi) is 4.70. The minimum atomic E-state index is -0.296. The highest BCUT2D eigenvalue weighted by atomic mass is 79.9. The van der Waals surface area contributed by atoms with Crippen LogP contribution >= 0.6 is 15.9 Å². The van der Waals surface area contributed by atoms with Crippen molar-refractivity contribution in [3.8, 4) is 11.3 Å². The van der Waals surface area contributed by atoms with Gasteiger partial charge in [0.15, 0.2) is 0 Å². The third kappa shape index (κ3) is 2.98. The molecule has 0 saturated carbocycles. The SMILES string of the molecule is CCCNc1nc(C)nc(-c2cccc(Br)c2F)c1C. The molecule has 0 amide bonds. The molecule has 0 fully saturated rings. The summed E-state index contributed by atoms with van der Waals surface area (Å²) in [6.07, 6.45) is 1.00. The van der Waals surface area contributed by atoms with Crippen LogP contribution in [0.15, 0.2) is 22.7 Å². The molecule has 0 aliphatic rings. The molecule has 0 unspecified atom stereocenters. The van der Waals surface area contributed by atoms with Crippen LogP contribution in [0.5, 0.6) is 0 Å². The Labute approximate surface area is 126 Å². The number of rotatable bonds is 4. The molecule has 20 heavy (non-hydrogen) atoms. The molecular weight excluding hydrogens is 321 g/mol. The van der Waals surface area contributed by atoms with Gasteiger partial charge in [-0.15, -0.1) is 0 Å². The average molecular weight is 338 g/mol. The minimum Gasteiger partial charge on any atom is -0.370 e. The van der Waals surface area contributed by atoms with E-state index in [4.69, 9.17) is 0 Å². The van der Waals surface area contributed by atoms with Crippen molar-refractivity contribution in [2.45, 2.75) is 27.2 Å². The van der Waals surface area contributed by atoms with Gasteiger partial charge >= 0.3 is 0 Å². The summed E-state index contributed by atoms with van der Waals surface area (Å²) in [6.45, 7) is 6.64. The third-order valence-corrected chi connectivity index (χ3v) is 3.62. The Balaban J connectivity index is 2.56. The van der Waals surface area contributed by atoms with Crippen molar-refractivity contribution in [1.82, 2.24) is 9.97 Å². The second kappa shape index (κ2) is 6.31. The van der Waals surface area contributed by atoms with E-state index in [0.29, 0.717) is 21.6 Å². The zero-order valence-corrected chi connectivity index (χ0v) is 13.4. The molecule has 0 radical (unpaired) electrons. The topological polar surface area (TPSA) is 37.8 Å². The van der Waals surface area contributed by atoms with Gasteiger partial charge in [0, 0.05) is 17.7 Å². The molecule has 106 valence electrons. The molecule has 5 heteroatoms. The molecule has 0 aliphatic carbocycles. The molecule has 1 N–H and O–H groups in total. The van der Waals surface area contributed by atoms with Gasteiger partial charge in [0.1, 0.15) is 17.5 Å². The third-order valence-electron chi connectivity index (χ3n) is 3.01. The smallest absolute Gasteiger partial charge is 0.146 e. The van der Waals surface area contributed by atoms with E-state index >= 15 is 0 Å². The van der Waals surface area contributed by atoms with Crippen LogP contribution in [0.2, 0.25) is 0 Å². The summed E-state index contributed by atoms with van der Waals surface area (Å²) in [5, 5.41) is 3.26. The lowest BCUT2D eigenvalue weighted by Crippen LogP contribution is -2.08. The first kappa shape index (κ1) is 14.9. The second-order valence-electron chi connectivity index (χ2n) is 4.62. The average Bonchev–Trinajstić information content (AvgIpc) is 2.42. The maximum Gasteiger partial charge on any atom is 0.146 e. The highest BCUT2D eigenvalue weighted by molar-refractivity contribution is 9.10. The maximum absolute atomic E-state index is 14.3. The summed E-state index contributed by atoms with van der Waals surface area (Å²) in [6, 6.07) is 5.22. The number of anilines is 1. The van der Waals surface area contributed by atoms with Crippen molar-refractivity contribution >= 4 is 21.7 Å². The van der Waals surface area contributed by atoms with Crippen LogP contribution in [0, 0.1) is 19.7 Å². The molecule has 0 bridgehead atoms. The predicted molar refractivity (Wildman–Crippen MR) is 83.4 cm³/mol. The summed E-state index contributed by atoms with van der Waals surface area (Å²) < 4.78 is 14.7. The predicted octanol–water partition coefficient (Wildman–Crippen LogP) is 4.48. The van der Waals surface area contributed by atoms with Crippen LogP contribution in [0.25, 0.3) is 11.3 Å². The monoisotopic (exact) mass is 337 g/mol. The standard InChI is InChI=1S/C15H17BrFN3/c1-4-8-18-15-9(2)14(19-10(3)20-15)11-6-5-7-12(16)13(11)17/h5-7H,4,8H2,1-3H3,(H,18,19,20). The number of hydrogen-bond acceptors (Lipinski definition) is 3. The lowest BCUT2D eigenvalue weighted by Gasteiger charge is -2.13. The zero-order chi connectivity index (χ0) is 14.7. The van der Waals surface area contributed by atoms with Crippen molar-refractivity contribution in [3.63, 3.8) is 0 Å². The number of nitrogens with zero attached hydrogens (tertiary/aromatic N) is 2. The van der Waals surface area contributed by atoms with E-state index in [1.165, 1.54) is 0 Å². The van der Waals surface area contributed by atoms with Crippen molar-refractivity contribution in [2.24, 2.45) is 0 Å². The van der Waals surface area contributed by atoms with E-state index in [9.17, 15) is 4.39 Å². The van der Waals surface area contributed by atoms with Crippen molar-refractivity contribution in [2.75, 3.05) is 11.9 Å². The van der Waals surface area contributed by atoms with Crippen molar-refractivity contribution in [3.05, 3.63) is 39.9 Å². The molecule has 1 aromatic heterocycles. The molecule has 1 aromatic carbocycles. The van der Waals surface area contributed by atoms with Crippen molar-refractivity contribution in [1.29, 1.82) is 0 Å². The lowest BCUT2D eigenvalue weighted by molar-refractivity contribution is 0.624. The van der Waals surface area contributed by atoms with Gasteiger partial charge in [0.2, 0.25) is 0 Å². The molecule has 0 atom stereocenters. The lowest BCUT2D eigenvalue weighted by atomic mass is 10.1. The fourth-order valence-electron chi connectivity index (χ4n) is 1.99. The van der Waals surface area contributed by atoms with Gasteiger partial charge < -0.3 is 5.32 Å². The van der Waals surface area contributed by atoms with Crippen LogP contribution in [-0.4, -0.2) is 16.5 Å². The molecule has 0 saturated heterocycles. The fraction of sp³-hybridized carbons (Fsp3) is 0.333. The van der Waals surface area contributed by atoms with E-state index in [0.717, 1.165) is 24.3 Å². The first-order valence-corrected chi connectivity index (χ1v) is 7.37. The van der Waals surface area contributed by atoms with E-state index in [-0.39, 0.29) is 5.82 Å². The van der Waals surface area contributed by atoms with Crippen LogP contribution < -0.4 is 5.32 Å². The second-order valence-corrected chi connectivity index (χ2v) is 5.48. The summed E-state index contributed by atoms with van der Waals surface area (Å²) in [5.41, 5.74) is 1.98. The molecule has 2 rings (SSSR count). The highest BCUT2D eigenvalue weighted by Crippen LogP contribution is 2.31. The first-order chi connectivity index (χ1) is 9.54. The normalized spacial score (nSPS) is 10.7. The molecule has 0 aliphatic heterocycles. The number of nitrogens with one attached hydrogen (secondary N) is 1. The number of aryl methyl sites for hydroxylation is 1. The number of hydrogen-bond donors (Lipinski definition) is 1. The van der Waals surface area contributed by atoms with Crippen molar-refractivity contribution < 1.29 is 4.39 Å². The summed E-state index contributed by atoms with van der Waals surface area (Å²) in [4.78, 5) is 8.79. The van der Waals surface area contributed by atoms with E-state index in [1.54, 1.807) is 18.2 Å². The summed E-state index contributed by atoms with van der Waals surface area (Å²) >= 11 is 3.21. The Bertz CT molecular complexity index is 629. The Morgan fingerprint density at radius 2 is 2.00 bits per heavy atom. The molecule has 3 nitrogen and oxygen atoms in total. The van der Waals surface area contributed by atoms with E-state index in [1.807, 2.05) is 13.8 Å². The summed E-state index contributed by atoms with van der Waals surface area (Å²) in [7, 11) is 0. The number of aromatic nitrogens is 2. The van der Waals surface area contributed by atoms with Gasteiger partial charge in [-0.2, -0.15) is 0 Å². The number of benzene rings is 1. The number of halogens is 2. The van der Waals surface area contributed by atoms with Crippen LogP contribution in [0.4, 0.5) is 10.2 Å². The van der Waals surface area contributed by atoms with Crippen LogP contribution in [0.1, 0.15) is 24.7 Å².